The molecule has 0 saturated heterocycles. The van der Waals surface area contributed by atoms with Crippen molar-refractivity contribution in [3.8, 4) is 0 Å². The van der Waals surface area contributed by atoms with Crippen LogP contribution in [0.1, 0.15) is 47.5 Å². The predicted molar refractivity (Wildman–Crippen MR) is 69.3 cm³/mol. The van der Waals surface area contributed by atoms with Crippen LogP contribution in [0, 0.1) is 5.92 Å². The van der Waals surface area contributed by atoms with Crippen molar-refractivity contribution >= 4 is 0 Å². The first-order chi connectivity index (χ1) is 7.06. The number of likely N-dealkylation sites (N-methyl/N-ethyl adjacent to an activating group) is 2. The number of hydrogen-bond donors (Lipinski definition) is 1. The fourth-order valence-corrected chi connectivity index (χ4v) is 2.01. The molecule has 0 amide bonds. The molecule has 0 heterocycles. The minimum absolute atomic E-state index is 0.629. The van der Waals surface area contributed by atoms with Crippen LogP contribution < -0.4 is 5.32 Å². The Bertz CT molecular complexity index is 147. The Hall–Kier alpha value is -0.0800. The van der Waals surface area contributed by atoms with Gasteiger partial charge in [-0.2, -0.15) is 0 Å². The summed E-state index contributed by atoms with van der Waals surface area (Å²) in [5, 5.41) is 3.56. The second-order valence-electron chi connectivity index (χ2n) is 4.77. The van der Waals surface area contributed by atoms with Crippen LogP contribution in [-0.4, -0.2) is 37.1 Å². The van der Waals surface area contributed by atoms with E-state index in [4.69, 9.17) is 0 Å². The van der Waals surface area contributed by atoms with Gasteiger partial charge in [0.05, 0.1) is 0 Å². The third kappa shape index (κ3) is 5.53. The van der Waals surface area contributed by atoms with Crippen molar-refractivity contribution in [2.45, 2.75) is 59.5 Å². The Morgan fingerprint density at radius 3 is 2.07 bits per heavy atom. The standard InChI is InChI=1S/C13H30N2/c1-7-11(4)10-15(6)12(5)13(8-2)14-9-3/h11-14H,7-10H2,1-6H3. The average Bonchev–Trinajstić information content (AvgIpc) is 2.24. The quantitative estimate of drug-likeness (QED) is 0.668. The van der Waals surface area contributed by atoms with Gasteiger partial charge in [-0.25, -0.2) is 0 Å². The minimum atomic E-state index is 0.629. The van der Waals surface area contributed by atoms with Crippen LogP contribution in [0.2, 0.25) is 0 Å². The van der Waals surface area contributed by atoms with Gasteiger partial charge in [0, 0.05) is 18.6 Å². The average molecular weight is 214 g/mol. The highest BCUT2D eigenvalue weighted by atomic mass is 15.2. The Morgan fingerprint density at radius 2 is 1.67 bits per heavy atom. The van der Waals surface area contributed by atoms with Gasteiger partial charge in [0.1, 0.15) is 0 Å². The highest BCUT2D eigenvalue weighted by Gasteiger charge is 2.19. The SMILES string of the molecule is CCNC(CC)C(C)N(C)CC(C)CC. The Kier molecular flexibility index (Phi) is 8.07. The Balaban J connectivity index is 4.08. The molecule has 3 unspecified atom stereocenters. The lowest BCUT2D eigenvalue weighted by molar-refractivity contribution is 0.179. The first-order valence-corrected chi connectivity index (χ1v) is 6.50. The molecule has 0 aromatic carbocycles. The molecular formula is C13H30N2. The highest BCUT2D eigenvalue weighted by molar-refractivity contribution is 4.78. The normalized spacial score (nSPS) is 17.8. The van der Waals surface area contributed by atoms with Crippen LogP contribution in [-0.2, 0) is 0 Å². The first kappa shape index (κ1) is 14.9. The topological polar surface area (TPSA) is 15.3 Å². The summed E-state index contributed by atoms with van der Waals surface area (Å²) in [5.41, 5.74) is 0. The second kappa shape index (κ2) is 8.12. The third-order valence-corrected chi connectivity index (χ3v) is 3.48. The summed E-state index contributed by atoms with van der Waals surface area (Å²) in [4.78, 5) is 2.49. The smallest absolute Gasteiger partial charge is 0.0218 e. The summed E-state index contributed by atoms with van der Waals surface area (Å²) < 4.78 is 0. The molecule has 2 heteroatoms. The molecule has 0 aliphatic heterocycles. The number of nitrogens with one attached hydrogen (secondary N) is 1. The van der Waals surface area contributed by atoms with Crippen LogP contribution >= 0.6 is 0 Å². The van der Waals surface area contributed by atoms with Crippen molar-refractivity contribution < 1.29 is 0 Å². The fraction of sp³-hybridized carbons (Fsp3) is 1.00. The van der Waals surface area contributed by atoms with Crippen LogP contribution in [0.5, 0.6) is 0 Å². The summed E-state index contributed by atoms with van der Waals surface area (Å²) in [7, 11) is 2.25. The van der Waals surface area contributed by atoms with Crippen LogP contribution in [0.4, 0.5) is 0 Å². The van der Waals surface area contributed by atoms with Crippen LogP contribution in [0.15, 0.2) is 0 Å². The number of hydrogen-bond acceptors (Lipinski definition) is 2. The summed E-state index contributed by atoms with van der Waals surface area (Å²) in [6, 6.07) is 1.26. The molecule has 0 aliphatic carbocycles. The molecule has 0 aliphatic rings. The van der Waals surface area contributed by atoms with Gasteiger partial charge in [0.15, 0.2) is 0 Å². The summed E-state index contributed by atoms with van der Waals surface area (Å²) >= 11 is 0. The van der Waals surface area contributed by atoms with Crippen molar-refractivity contribution in [1.29, 1.82) is 0 Å². The molecule has 2 nitrogen and oxygen atoms in total. The molecule has 0 aromatic heterocycles. The Morgan fingerprint density at radius 1 is 1.07 bits per heavy atom. The molecule has 0 radical (unpaired) electrons. The van der Waals surface area contributed by atoms with E-state index in [0.717, 1.165) is 12.5 Å². The zero-order chi connectivity index (χ0) is 11.8. The predicted octanol–water partition coefficient (Wildman–Crippen LogP) is 2.74. The number of nitrogens with zero attached hydrogens (tertiary/aromatic N) is 1. The van der Waals surface area contributed by atoms with E-state index in [2.05, 4.69) is 51.9 Å². The van der Waals surface area contributed by atoms with Crippen molar-refractivity contribution in [3.05, 3.63) is 0 Å². The molecule has 0 spiro atoms. The van der Waals surface area contributed by atoms with Gasteiger partial charge in [0.25, 0.3) is 0 Å². The van der Waals surface area contributed by atoms with E-state index < -0.39 is 0 Å². The van der Waals surface area contributed by atoms with Crippen molar-refractivity contribution in [2.75, 3.05) is 20.1 Å². The molecule has 0 fully saturated rings. The Labute approximate surface area is 96.4 Å². The summed E-state index contributed by atoms with van der Waals surface area (Å²) in [6.45, 7) is 13.7. The molecule has 92 valence electrons. The van der Waals surface area contributed by atoms with E-state index >= 15 is 0 Å². The molecule has 15 heavy (non-hydrogen) atoms. The lowest BCUT2D eigenvalue weighted by Crippen LogP contribution is -2.47. The molecule has 0 bridgehead atoms. The minimum Gasteiger partial charge on any atom is -0.313 e. The molecule has 3 atom stereocenters. The van der Waals surface area contributed by atoms with Gasteiger partial charge < -0.3 is 10.2 Å². The van der Waals surface area contributed by atoms with E-state index in [9.17, 15) is 0 Å². The van der Waals surface area contributed by atoms with E-state index in [1.54, 1.807) is 0 Å². The van der Waals surface area contributed by atoms with Crippen LogP contribution in [0.3, 0.4) is 0 Å². The van der Waals surface area contributed by atoms with E-state index in [-0.39, 0.29) is 0 Å². The van der Waals surface area contributed by atoms with Gasteiger partial charge in [-0.3, -0.25) is 0 Å². The number of rotatable bonds is 8. The zero-order valence-corrected chi connectivity index (χ0v) is 11.5. The van der Waals surface area contributed by atoms with Gasteiger partial charge in [0.2, 0.25) is 0 Å². The van der Waals surface area contributed by atoms with E-state index in [0.29, 0.717) is 12.1 Å². The maximum Gasteiger partial charge on any atom is 0.0218 e. The van der Waals surface area contributed by atoms with Crippen LogP contribution in [0.25, 0.3) is 0 Å². The summed E-state index contributed by atoms with van der Waals surface area (Å²) in [5.74, 6) is 0.802. The zero-order valence-electron chi connectivity index (χ0n) is 11.5. The van der Waals surface area contributed by atoms with E-state index in [1.807, 2.05) is 0 Å². The molecule has 0 aromatic rings. The van der Waals surface area contributed by atoms with Gasteiger partial charge in [-0.15, -0.1) is 0 Å². The van der Waals surface area contributed by atoms with Gasteiger partial charge in [-0.1, -0.05) is 34.1 Å². The second-order valence-corrected chi connectivity index (χ2v) is 4.77. The lowest BCUT2D eigenvalue weighted by atomic mass is 10.0. The van der Waals surface area contributed by atoms with Crippen molar-refractivity contribution in [3.63, 3.8) is 0 Å². The maximum atomic E-state index is 3.56. The fourth-order valence-electron chi connectivity index (χ4n) is 2.01. The summed E-state index contributed by atoms with van der Waals surface area (Å²) in [6.07, 6.45) is 2.48. The molecule has 0 rings (SSSR count). The highest BCUT2D eigenvalue weighted by Crippen LogP contribution is 2.10. The molecular weight excluding hydrogens is 184 g/mol. The largest absolute Gasteiger partial charge is 0.313 e. The maximum absolute atomic E-state index is 3.56. The van der Waals surface area contributed by atoms with Gasteiger partial charge in [-0.05, 0) is 32.9 Å². The first-order valence-electron chi connectivity index (χ1n) is 6.50. The van der Waals surface area contributed by atoms with Gasteiger partial charge >= 0.3 is 0 Å². The lowest BCUT2D eigenvalue weighted by Gasteiger charge is -2.33. The monoisotopic (exact) mass is 214 g/mol. The molecule has 1 N–H and O–H groups in total. The van der Waals surface area contributed by atoms with Crippen molar-refractivity contribution in [2.24, 2.45) is 5.92 Å². The van der Waals surface area contributed by atoms with Crippen molar-refractivity contribution in [1.82, 2.24) is 10.2 Å². The molecule has 0 saturated carbocycles. The van der Waals surface area contributed by atoms with E-state index in [1.165, 1.54) is 19.4 Å². The third-order valence-electron chi connectivity index (χ3n) is 3.48.